The summed E-state index contributed by atoms with van der Waals surface area (Å²) in [6.45, 7) is 4.58. The molecule has 0 fully saturated rings. The molecule has 0 saturated heterocycles. The minimum Gasteiger partial charge on any atom is -0.401 e. The second kappa shape index (κ2) is 6.34. The SMILES string of the molecule is CC(C=N)=C(N)CN1CC=C(c2ccccc2)CC1. The molecule has 0 bridgehead atoms. The van der Waals surface area contributed by atoms with Gasteiger partial charge in [-0.2, -0.15) is 0 Å². The van der Waals surface area contributed by atoms with Crippen LogP contribution in [0.2, 0.25) is 0 Å². The third kappa shape index (κ3) is 3.55. The van der Waals surface area contributed by atoms with Gasteiger partial charge in [0.2, 0.25) is 0 Å². The van der Waals surface area contributed by atoms with E-state index in [4.69, 9.17) is 11.1 Å². The van der Waals surface area contributed by atoms with Gasteiger partial charge in [-0.15, -0.1) is 0 Å². The van der Waals surface area contributed by atoms with E-state index < -0.39 is 0 Å². The van der Waals surface area contributed by atoms with Crippen LogP contribution in [0.15, 0.2) is 47.7 Å². The molecule has 0 aromatic heterocycles. The Bertz CT molecular complexity index is 500. The van der Waals surface area contributed by atoms with Gasteiger partial charge in [-0.05, 0) is 30.1 Å². The van der Waals surface area contributed by atoms with Gasteiger partial charge in [0.1, 0.15) is 0 Å². The quantitative estimate of drug-likeness (QED) is 0.813. The summed E-state index contributed by atoms with van der Waals surface area (Å²) in [5.41, 5.74) is 10.4. The Morgan fingerprint density at radius 1 is 1.37 bits per heavy atom. The van der Waals surface area contributed by atoms with E-state index in [-0.39, 0.29) is 0 Å². The van der Waals surface area contributed by atoms with Gasteiger partial charge in [0.15, 0.2) is 0 Å². The molecule has 0 aliphatic carbocycles. The summed E-state index contributed by atoms with van der Waals surface area (Å²) in [7, 11) is 0. The number of nitrogens with one attached hydrogen (secondary N) is 1. The van der Waals surface area contributed by atoms with Crippen LogP contribution in [0.1, 0.15) is 18.9 Å². The smallest absolute Gasteiger partial charge is 0.0386 e. The summed E-state index contributed by atoms with van der Waals surface area (Å²) >= 11 is 0. The fourth-order valence-corrected chi connectivity index (χ4v) is 2.23. The van der Waals surface area contributed by atoms with E-state index in [2.05, 4.69) is 35.2 Å². The highest BCUT2D eigenvalue weighted by Gasteiger charge is 2.13. The molecule has 0 spiro atoms. The molecule has 1 aromatic carbocycles. The number of rotatable bonds is 4. The Labute approximate surface area is 114 Å². The fourth-order valence-electron chi connectivity index (χ4n) is 2.23. The predicted molar refractivity (Wildman–Crippen MR) is 81.1 cm³/mol. The van der Waals surface area contributed by atoms with Crippen molar-refractivity contribution in [2.24, 2.45) is 5.73 Å². The van der Waals surface area contributed by atoms with Crippen molar-refractivity contribution in [2.75, 3.05) is 19.6 Å². The van der Waals surface area contributed by atoms with Gasteiger partial charge in [-0.1, -0.05) is 36.4 Å². The van der Waals surface area contributed by atoms with Crippen LogP contribution in [0.4, 0.5) is 0 Å². The lowest BCUT2D eigenvalue weighted by Gasteiger charge is -2.26. The monoisotopic (exact) mass is 255 g/mol. The van der Waals surface area contributed by atoms with Crippen LogP contribution in [0.25, 0.3) is 5.57 Å². The molecule has 0 radical (unpaired) electrons. The van der Waals surface area contributed by atoms with Crippen molar-refractivity contribution in [2.45, 2.75) is 13.3 Å². The van der Waals surface area contributed by atoms with Crippen molar-refractivity contribution in [3.8, 4) is 0 Å². The first-order valence-corrected chi connectivity index (χ1v) is 6.63. The van der Waals surface area contributed by atoms with Crippen LogP contribution < -0.4 is 5.73 Å². The normalized spacial score (nSPS) is 17.6. The highest BCUT2D eigenvalue weighted by Crippen LogP contribution is 2.22. The summed E-state index contributed by atoms with van der Waals surface area (Å²) in [5, 5.41) is 7.21. The number of nitrogens with zero attached hydrogens (tertiary/aromatic N) is 1. The molecule has 1 aromatic rings. The molecule has 0 amide bonds. The fraction of sp³-hybridized carbons (Fsp3) is 0.312. The molecule has 19 heavy (non-hydrogen) atoms. The van der Waals surface area contributed by atoms with Crippen LogP contribution in [-0.4, -0.2) is 30.7 Å². The maximum atomic E-state index is 7.21. The van der Waals surface area contributed by atoms with E-state index in [1.165, 1.54) is 17.4 Å². The zero-order valence-electron chi connectivity index (χ0n) is 11.4. The maximum Gasteiger partial charge on any atom is 0.0386 e. The lowest BCUT2D eigenvalue weighted by Crippen LogP contribution is -2.32. The molecule has 1 aliphatic heterocycles. The Hall–Kier alpha value is -1.87. The number of benzene rings is 1. The standard InChI is InChI=1S/C16H21N3/c1-13(11-17)16(18)12-19-9-7-15(8-10-19)14-5-3-2-4-6-14/h2-7,11,17H,8-10,12,18H2,1H3. The molecule has 2 rings (SSSR count). The maximum absolute atomic E-state index is 7.21. The van der Waals surface area contributed by atoms with Gasteiger partial charge < -0.3 is 11.1 Å². The highest BCUT2D eigenvalue weighted by atomic mass is 15.1. The molecule has 100 valence electrons. The molecular weight excluding hydrogens is 234 g/mol. The van der Waals surface area contributed by atoms with Crippen LogP contribution >= 0.6 is 0 Å². The summed E-state index contributed by atoms with van der Waals surface area (Å²) in [6, 6.07) is 10.5. The molecule has 0 unspecified atom stereocenters. The van der Waals surface area contributed by atoms with Gasteiger partial charge in [0.05, 0.1) is 0 Å². The van der Waals surface area contributed by atoms with Gasteiger partial charge in [0.25, 0.3) is 0 Å². The molecule has 3 N–H and O–H groups in total. The van der Waals surface area contributed by atoms with E-state index in [1.54, 1.807) is 0 Å². The van der Waals surface area contributed by atoms with Crippen molar-refractivity contribution < 1.29 is 0 Å². The average molecular weight is 255 g/mol. The first kappa shape index (κ1) is 13.6. The van der Waals surface area contributed by atoms with Gasteiger partial charge in [0, 0.05) is 31.5 Å². The molecular formula is C16H21N3. The highest BCUT2D eigenvalue weighted by molar-refractivity contribution is 5.75. The predicted octanol–water partition coefficient (Wildman–Crippen LogP) is 2.66. The lowest BCUT2D eigenvalue weighted by molar-refractivity contribution is 0.325. The van der Waals surface area contributed by atoms with E-state index >= 15 is 0 Å². The number of nitrogens with two attached hydrogens (primary N) is 1. The van der Waals surface area contributed by atoms with Crippen molar-refractivity contribution in [3.05, 3.63) is 53.2 Å². The molecule has 0 atom stereocenters. The zero-order chi connectivity index (χ0) is 13.7. The van der Waals surface area contributed by atoms with E-state index in [9.17, 15) is 0 Å². The van der Waals surface area contributed by atoms with Crippen LogP contribution in [0, 0.1) is 5.41 Å². The molecule has 0 saturated carbocycles. The first-order valence-electron chi connectivity index (χ1n) is 6.63. The Balaban J connectivity index is 1.99. The number of hydrogen-bond acceptors (Lipinski definition) is 3. The Morgan fingerprint density at radius 2 is 2.11 bits per heavy atom. The molecule has 1 heterocycles. The second-order valence-corrected chi connectivity index (χ2v) is 4.93. The lowest BCUT2D eigenvalue weighted by atomic mass is 9.99. The topological polar surface area (TPSA) is 53.1 Å². The van der Waals surface area contributed by atoms with E-state index in [1.807, 2.05) is 13.0 Å². The first-order chi connectivity index (χ1) is 9.20. The summed E-state index contributed by atoms with van der Waals surface area (Å²) < 4.78 is 0. The largest absolute Gasteiger partial charge is 0.401 e. The second-order valence-electron chi connectivity index (χ2n) is 4.93. The van der Waals surface area contributed by atoms with Crippen molar-refractivity contribution in [3.63, 3.8) is 0 Å². The third-order valence-electron chi connectivity index (χ3n) is 3.55. The number of hydrogen-bond donors (Lipinski definition) is 2. The molecule has 1 aliphatic rings. The van der Waals surface area contributed by atoms with Gasteiger partial charge in [-0.25, -0.2) is 0 Å². The molecule has 3 nitrogen and oxygen atoms in total. The van der Waals surface area contributed by atoms with Gasteiger partial charge in [-0.3, -0.25) is 4.90 Å². The zero-order valence-corrected chi connectivity index (χ0v) is 11.4. The van der Waals surface area contributed by atoms with Crippen LogP contribution in [0.3, 0.4) is 0 Å². The minimum absolute atomic E-state index is 0.750. The summed E-state index contributed by atoms with van der Waals surface area (Å²) in [6.07, 6.45) is 4.66. The van der Waals surface area contributed by atoms with E-state index in [0.29, 0.717) is 0 Å². The van der Waals surface area contributed by atoms with Gasteiger partial charge >= 0.3 is 0 Å². The van der Waals surface area contributed by atoms with Crippen molar-refractivity contribution in [1.29, 1.82) is 5.41 Å². The number of allylic oxidation sites excluding steroid dienone is 1. The van der Waals surface area contributed by atoms with Crippen molar-refractivity contribution >= 4 is 11.8 Å². The summed E-state index contributed by atoms with van der Waals surface area (Å²) in [4.78, 5) is 2.31. The average Bonchev–Trinajstić information content (AvgIpc) is 2.48. The van der Waals surface area contributed by atoms with Crippen molar-refractivity contribution in [1.82, 2.24) is 4.90 Å². The third-order valence-corrected chi connectivity index (χ3v) is 3.55. The minimum atomic E-state index is 0.750. The summed E-state index contributed by atoms with van der Waals surface area (Å²) in [5.74, 6) is 0. The van der Waals surface area contributed by atoms with Crippen LogP contribution in [-0.2, 0) is 0 Å². The Morgan fingerprint density at radius 3 is 2.68 bits per heavy atom. The molecule has 3 heteroatoms. The van der Waals surface area contributed by atoms with Crippen LogP contribution in [0.5, 0.6) is 0 Å². The van der Waals surface area contributed by atoms with E-state index in [0.717, 1.165) is 37.3 Å². The Kier molecular flexibility index (Phi) is 4.53.